The van der Waals surface area contributed by atoms with Crippen LogP contribution in [0.1, 0.15) is 96.3 Å². The molecule has 0 saturated heterocycles. The van der Waals surface area contributed by atoms with E-state index in [1.165, 1.54) is 36.2 Å². The van der Waals surface area contributed by atoms with Crippen LogP contribution in [-0.2, 0) is 10.8 Å². The molecule has 0 bridgehead atoms. The van der Waals surface area contributed by atoms with Crippen molar-refractivity contribution in [2.24, 2.45) is 0 Å². The summed E-state index contributed by atoms with van der Waals surface area (Å²) in [6.07, 6.45) is 27.5. The molecular weight excluding hydrogens is 872 g/mol. The van der Waals surface area contributed by atoms with Gasteiger partial charge in [0.15, 0.2) is 0 Å². The molecule has 1 aliphatic heterocycles. The predicted octanol–water partition coefficient (Wildman–Crippen LogP) is 11.7. The van der Waals surface area contributed by atoms with Crippen molar-refractivity contribution < 1.29 is 20.2 Å². The van der Waals surface area contributed by atoms with Crippen molar-refractivity contribution in [1.29, 1.82) is 0 Å². The molecule has 3 fully saturated rings. The molecule has 2 aromatic carbocycles. The van der Waals surface area contributed by atoms with Gasteiger partial charge in [-0.05, 0) is 104 Å². The van der Waals surface area contributed by atoms with E-state index in [1.807, 2.05) is 70.7 Å². The standard InChI is InChI=1S/C18H33P.C17H16N2O2.2HI.Pd/c1-4-10-16(11-5-1)19(17-12-6-2-7-13-17)18-14-8-3-9-15-18;1-20-16-7-3-14(4-8-16)18-11-12-19(13-18)15-5-9-17(21-2)10-6-15;;;/h16-18H,1-15H2;3-12H,1-2H3;2*1H;/q;;;;+2/p-2. The van der Waals surface area contributed by atoms with Crippen LogP contribution in [0.5, 0.6) is 11.5 Å². The minimum atomic E-state index is 0.385. The zero-order valence-corrected chi connectivity index (χ0v) is 32.6. The first-order chi connectivity index (χ1) is 21.2. The monoisotopic (exact) mass is 920 g/mol. The van der Waals surface area contributed by atoms with Crippen LogP contribution in [0.15, 0.2) is 60.9 Å². The van der Waals surface area contributed by atoms with Gasteiger partial charge in [-0.25, -0.2) is 0 Å². The van der Waals surface area contributed by atoms with Gasteiger partial charge < -0.3 is 19.3 Å². The number of anilines is 2. The second kappa shape index (κ2) is 20.2. The summed E-state index contributed by atoms with van der Waals surface area (Å²) in [5.41, 5.74) is 5.63. The van der Waals surface area contributed by atoms with Crippen LogP contribution in [-0.4, -0.2) is 31.2 Å². The molecule has 0 aromatic heterocycles. The normalized spacial score (nSPS) is 19.9. The number of nitrogens with zero attached hydrogens (tertiary/aromatic N) is 2. The van der Waals surface area contributed by atoms with Crippen LogP contribution in [0.4, 0.5) is 11.4 Å². The predicted molar refractivity (Wildman–Crippen MR) is 199 cm³/mol. The summed E-state index contributed by atoms with van der Waals surface area (Å²) in [5, 5.41) is 0. The van der Waals surface area contributed by atoms with Crippen LogP contribution in [0.2, 0.25) is 0 Å². The topological polar surface area (TPSA) is 24.9 Å². The Morgan fingerprint density at radius 2 is 0.884 bits per heavy atom. The molecule has 6 rings (SSSR count). The summed E-state index contributed by atoms with van der Waals surface area (Å²) in [5.74, 6) is 1.68. The Kier molecular flexibility index (Phi) is 16.8. The van der Waals surface area contributed by atoms with Crippen LogP contribution >= 0.6 is 47.0 Å². The molecular formula is C35H49I2N2O2PPd. The third kappa shape index (κ3) is 11.3. The van der Waals surface area contributed by atoms with Crippen molar-refractivity contribution in [2.45, 2.75) is 113 Å². The van der Waals surface area contributed by atoms with Gasteiger partial charge in [0.2, 0.25) is 6.67 Å². The average Bonchev–Trinajstić information content (AvgIpc) is 3.58. The van der Waals surface area contributed by atoms with E-state index < -0.39 is 0 Å². The number of methoxy groups -OCH3 is 2. The SMILES string of the molecule is C1CCC(P(C2CCCCC2)C2CCCCC2)CC1.COc1ccc(N2[C]N(c3ccc(OC)cc3)C=C2)cc1.[I][Pd][I]. The van der Waals surface area contributed by atoms with Gasteiger partial charge in [0, 0.05) is 23.8 Å². The first-order valence-electron chi connectivity index (χ1n) is 16.1. The van der Waals surface area contributed by atoms with Gasteiger partial charge in [0.25, 0.3) is 0 Å². The second-order valence-corrected chi connectivity index (χ2v) is 27.0. The Morgan fingerprint density at radius 1 is 0.581 bits per heavy atom. The molecule has 2 aromatic rings. The van der Waals surface area contributed by atoms with E-state index in [2.05, 4.69) is 45.7 Å². The van der Waals surface area contributed by atoms with E-state index >= 15 is 0 Å². The maximum atomic E-state index is 5.16. The molecule has 3 saturated carbocycles. The molecule has 1 heterocycles. The minimum absolute atomic E-state index is 0.385. The second-order valence-electron chi connectivity index (χ2n) is 11.9. The van der Waals surface area contributed by atoms with Gasteiger partial charge in [-0.2, -0.15) is 0 Å². The average molecular weight is 921 g/mol. The van der Waals surface area contributed by atoms with Gasteiger partial charge in [0.1, 0.15) is 11.5 Å². The third-order valence-corrected chi connectivity index (χ3v) is 13.3. The van der Waals surface area contributed by atoms with Gasteiger partial charge in [-0.1, -0.05) is 65.7 Å². The van der Waals surface area contributed by atoms with E-state index in [4.69, 9.17) is 9.47 Å². The third-order valence-electron chi connectivity index (χ3n) is 9.27. The zero-order chi connectivity index (χ0) is 30.3. The van der Waals surface area contributed by atoms with Crippen molar-refractivity contribution in [3.05, 3.63) is 67.6 Å². The van der Waals surface area contributed by atoms with Crippen molar-refractivity contribution in [3.63, 3.8) is 0 Å². The summed E-state index contributed by atoms with van der Waals surface area (Å²) in [6.45, 7) is 3.27. The fraction of sp³-hybridized carbons (Fsp3) is 0.571. The molecule has 43 heavy (non-hydrogen) atoms. The Labute approximate surface area is 292 Å². The van der Waals surface area contributed by atoms with Crippen LogP contribution in [0.3, 0.4) is 0 Å². The number of hydrogen-bond acceptors (Lipinski definition) is 4. The Bertz CT molecular complexity index is 958. The molecule has 8 heteroatoms. The first kappa shape index (κ1) is 35.8. The van der Waals surface area contributed by atoms with Crippen LogP contribution in [0.25, 0.3) is 0 Å². The van der Waals surface area contributed by atoms with E-state index in [1.54, 1.807) is 91.3 Å². The fourth-order valence-electron chi connectivity index (χ4n) is 7.12. The first-order valence-corrected chi connectivity index (χ1v) is 26.9. The number of halogens is 2. The van der Waals surface area contributed by atoms with Crippen molar-refractivity contribution in [3.8, 4) is 11.5 Å². The van der Waals surface area contributed by atoms with E-state index in [0.29, 0.717) is 7.92 Å². The van der Waals surface area contributed by atoms with Crippen molar-refractivity contribution in [1.82, 2.24) is 0 Å². The molecule has 0 unspecified atom stereocenters. The molecule has 0 amide bonds. The molecule has 0 atom stereocenters. The summed E-state index contributed by atoms with van der Waals surface area (Å²) < 4.78 is 10.3. The number of ether oxygens (including phenoxy) is 2. The number of rotatable bonds is 7. The summed E-state index contributed by atoms with van der Waals surface area (Å²) >= 11 is 4.65. The van der Waals surface area contributed by atoms with Gasteiger partial charge in [-0.15, -0.1) is 0 Å². The van der Waals surface area contributed by atoms with Crippen LogP contribution in [0, 0.1) is 6.67 Å². The Balaban J connectivity index is 0.000000181. The van der Waals surface area contributed by atoms with Gasteiger partial charge >= 0.3 is 49.8 Å². The summed E-state index contributed by atoms with van der Waals surface area (Å²) in [7, 11) is 4.60. The van der Waals surface area contributed by atoms with E-state index in [9.17, 15) is 0 Å². The van der Waals surface area contributed by atoms with Crippen molar-refractivity contribution >= 4 is 58.3 Å². The number of benzene rings is 2. The summed E-state index contributed by atoms with van der Waals surface area (Å²) in [6, 6.07) is 15.7. The number of hydrogen-bond donors (Lipinski definition) is 0. The quantitative estimate of drug-likeness (QED) is 0.157. The molecule has 0 N–H and O–H groups in total. The van der Waals surface area contributed by atoms with Crippen LogP contribution < -0.4 is 19.3 Å². The molecule has 4 nitrogen and oxygen atoms in total. The molecule has 240 valence electrons. The molecule has 4 aliphatic rings. The van der Waals surface area contributed by atoms with Gasteiger partial charge in [-0.3, -0.25) is 0 Å². The van der Waals surface area contributed by atoms with E-state index in [-0.39, 0.29) is 0 Å². The van der Waals surface area contributed by atoms with Crippen molar-refractivity contribution in [2.75, 3.05) is 24.0 Å². The fourth-order valence-corrected chi connectivity index (χ4v) is 11.8. The van der Waals surface area contributed by atoms with E-state index in [0.717, 1.165) is 33.6 Å². The zero-order valence-electron chi connectivity index (χ0n) is 25.8. The molecule has 2 radical (unpaired) electrons. The maximum absolute atomic E-state index is 5.16. The molecule has 0 spiro atoms. The summed E-state index contributed by atoms with van der Waals surface area (Å²) in [4.78, 5) is 3.87. The molecule has 3 aliphatic carbocycles. The Morgan fingerprint density at radius 3 is 1.16 bits per heavy atom. The van der Waals surface area contributed by atoms with Gasteiger partial charge in [0.05, 0.1) is 14.2 Å². The Hall–Kier alpha value is -0.0677.